The molecular formula is C16H24O2. The molecule has 0 aliphatic rings. The molecule has 18 heavy (non-hydrogen) atoms. The third kappa shape index (κ3) is 5.35. The van der Waals surface area contributed by atoms with Gasteiger partial charge in [-0.2, -0.15) is 0 Å². The van der Waals surface area contributed by atoms with Gasteiger partial charge in [0.15, 0.2) is 5.78 Å². The molecule has 0 aliphatic heterocycles. The minimum Gasteiger partial charge on any atom is -0.493 e. The lowest BCUT2D eigenvalue weighted by molar-refractivity contribution is 0.101. The van der Waals surface area contributed by atoms with Crippen LogP contribution in [0.3, 0.4) is 0 Å². The van der Waals surface area contributed by atoms with Crippen molar-refractivity contribution >= 4 is 5.78 Å². The van der Waals surface area contributed by atoms with E-state index in [0.29, 0.717) is 12.2 Å². The third-order valence-corrected chi connectivity index (χ3v) is 3.02. The molecule has 2 nitrogen and oxygen atoms in total. The van der Waals surface area contributed by atoms with Crippen molar-refractivity contribution in [3.05, 3.63) is 29.8 Å². The van der Waals surface area contributed by atoms with Gasteiger partial charge in [0.1, 0.15) is 5.75 Å². The van der Waals surface area contributed by atoms with Crippen molar-refractivity contribution in [3.63, 3.8) is 0 Å². The summed E-state index contributed by atoms with van der Waals surface area (Å²) in [6.07, 6.45) is 7.49. The average Bonchev–Trinajstić information content (AvgIpc) is 2.38. The first-order chi connectivity index (χ1) is 8.75. The maximum Gasteiger partial charge on any atom is 0.163 e. The van der Waals surface area contributed by atoms with Crippen LogP contribution in [0, 0.1) is 0 Å². The van der Waals surface area contributed by atoms with E-state index in [1.807, 2.05) is 24.3 Å². The molecule has 0 aliphatic carbocycles. The Hall–Kier alpha value is -1.31. The van der Waals surface area contributed by atoms with Gasteiger partial charge in [0.05, 0.1) is 12.2 Å². The molecule has 0 atom stereocenters. The van der Waals surface area contributed by atoms with E-state index >= 15 is 0 Å². The summed E-state index contributed by atoms with van der Waals surface area (Å²) in [6, 6.07) is 7.46. The minimum absolute atomic E-state index is 0.0635. The van der Waals surface area contributed by atoms with Crippen molar-refractivity contribution in [2.24, 2.45) is 0 Å². The Morgan fingerprint density at radius 3 is 2.44 bits per heavy atom. The first-order valence-corrected chi connectivity index (χ1v) is 6.98. The fraction of sp³-hybridized carbons (Fsp3) is 0.562. The van der Waals surface area contributed by atoms with Crippen LogP contribution in [0.1, 0.15) is 62.7 Å². The monoisotopic (exact) mass is 248 g/mol. The lowest BCUT2D eigenvalue weighted by Gasteiger charge is -2.09. The quantitative estimate of drug-likeness (QED) is 0.470. The SMILES string of the molecule is CCCCCCCCOc1ccccc1C(C)=O. The van der Waals surface area contributed by atoms with Gasteiger partial charge in [-0.3, -0.25) is 4.79 Å². The van der Waals surface area contributed by atoms with Crippen molar-refractivity contribution in [1.82, 2.24) is 0 Å². The van der Waals surface area contributed by atoms with Crippen LogP contribution < -0.4 is 4.74 Å². The number of carbonyl (C=O) groups excluding carboxylic acids is 1. The molecule has 1 aromatic carbocycles. The first kappa shape index (κ1) is 14.7. The Labute approximate surface area is 110 Å². The highest BCUT2D eigenvalue weighted by Crippen LogP contribution is 2.18. The molecule has 0 fully saturated rings. The molecule has 100 valence electrons. The second-order valence-electron chi connectivity index (χ2n) is 4.67. The number of benzene rings is 1. The van der Waals surface area contributed by atoms with Crippen LogP contribution in [0.25, 0.3) is 0 Å². The topological polar surface area (TPSA) is 26.3 Å². The molecule has 0 N–H and O–H groups in total. The van der Waals surface area contributed by atoms with Crippen molar-refractivity contribution < 1.29 is 9.53 Å². The molecule has 0 radical (unpaired) electrons. The Bertz CT molecular complexity index is 358. The summed E-state index contributed by atoms with van der Waals surface area (Å²) in [5, 5.41) is 0. The molecule has 2 heteroatoms. The Morgan fingerprint density at radius 2 is 1.72 bits per heavy atom. The molecule has 0 saturated heterocycles. The van der Waals surface area contributed by atoms with E-state index < -0.39 is 0 Å². The Balaban J connectivity index is 2.25. The van der Waals surface area contributed by atoms with E-state index in [-0.39, 0.29) is 5.78 Å². The molecule has 0 spiro atoms. The van der Waals surface area contributed by atoms with Crippen LogP contribution >= 0.6 is 0 Å². The van der Waals surface area contributed by atoms with Gasteiger partial charge in [0.2, 0.25) is 0 Å². The fourth-order valence-corrected chi connectivity index (χ4v) is 1.95. The highest BCUT2D eigenvalue weighted by atomic mass is 16.5. The summed E-state index contributed by atoms with van der Waals surface area (Å²) in [5.41, 5.74) is 0.684. The van der Waals surface area contributed by atoms with Crippen LogP contribution in [0.4, 0.5) is 0 Å². The van der Waals surface area contributed by atoms with E-state index in [1.165, 1.54) is 32.1 Å². The number of unbranched alkanes of at least 4 members (excludes halogenated alkanes) is 5. The maximum atomic E-state index is 11.4. The van der Waals surface area contributed by atoms with Gasteiger partial charge >= 0.3 is 0 Å². The molecule has 0 aromatic heterocycles. The summed E-state index contributed by atoms with van der Waals surface area (Å²) in [5.74, 6) is 0.784. The van der Waals surface area contributed by atoms with Crippen molar-refractivity contribution in [1.29, 1.82) is 0 Å². The second kappa shape index (κ2) is 8.73. The van der Waals surface area contributed by atoms with Gasteiger partial charge in [-0.05, 0) is 25.5 Å². The van der Waals surface area contributed by atoms with Gasteiger partial charge in [0, 0.05) is 0 Å². The van der Waals surface area contributed by atoms with Gasteiger partial charge in [-0.1, -0.05) is 51.2 Å². The normalized spacial score (nSPS) is 10.3. The zero-order valence-electron chi connectivity index (χ0n) is 11.6. The van der Waals surface area contributed by atoms with Crippen molar-refractivity contribution in [3.8, 4) is 5.75 Å². The molecule has 0 amide bonds. The summed E-state index contributed by atoms with van der Waals surface area (Å²) in [6.45, 7) is 4.51. The van der Waals surface area contributed by atoms with Crippen LogP contribution in [0.2, 0.25) is 0 Å². The predicted molar refractivity (Wildman–Crippen MR) is 75.3 cm³/mol. The number of rotatable bonds is 9. The molecule has 0 saturated carbocycles. The van der Waals surface area contributed by atoms with E-state index in [4.69, 9.17) is 4.74 Å². The number of ketones is 1. The second-order valence-corrected chi connectivity index (χ2v) is 4.67. The molecule has 0 unspecified atom stereocenters. The highest BCUT2D eigenvalue weighted by Gasteiger charge is 2.06. The Morgan fingerprint density at radius 1 is 1.06 bits per heavy atom. The van der Waals surface area contributed by atoms with Crippen LogP contribution in [0.15, 0.2) is 24.3 Å². The van der Waals surface area contributed by atoms with Gasteiger partial charge in [0.25, 0.3) is 0 Å². The number of carbonyl (C=O) groups is 1. The van der Waals surface area contributed by atoms with Crippen LogP contribution in [-0.2, 0) is 0 Å². The minimum atomic E-state index is 0.0635. The zero-order valence-corrected chi connectivity index (χ0v) is 11.6. The molecule has 1 rings (SSSR count). The zero-order chi connectivity index (χ0) is 13.2. The smallest absolute Gasteiger partial charge is 0.163 e. The number of hydrogen-bond acceptors (Lipinski definition) is 2. The lowest BCUT2D eigenvalue weighted by atomic mass is 10.1. The van der Waals surface area contributed by atoms with Gasteiger partial charge < -0.3 is 4.74 Å². The highest BCUT2D eigenvalue weighted by molar-refractivity contribution is 5.96. The average molecular weight is 248 g/mol. The van der Waals surface area contributed by atoms with E-state index in [1.54, 1.807) is 6.92 Å². The van der Waals surface area contributed by atoms with Crippen LogP contribution in [-0.4, -0.2) is 12.4 Å². The van der Waals surface area contributed by atoms with Gasteiger partial charge in [-0.15, -0.1) is 0 Å². The predicted octanol–water partition coefficient (Wildman–Crippen LogP) is 4.63. The van der Waals surface area contributed by atoms with Gasteiger partial charge in [-0.25, -0.2) is 0 Å². The molecular weight excluding hydrogens is 224 g/mol. The number of para-hydroxylation sites is 1. The summed E-state index contributed by atoms with van der Waals surface area (Å²) < 4.78 is 5.68. The molecule has 0 heterocycles. The van der Waals surface area contributed by atoms with Crippen molar-refractivity contribution in [2.75, 3.05) is 6.61 Å². The molecule has 1 aromatic rings. The number of ether oxygens (including phenoxy) is 1. The van der Waals surface area contributed by atoms with E-state index in [2.05, 4.69) is 6.92 Å². The Kier molecular flexibility index (Phi) is 7.16. The summed E-state index contributed by atoms with van der Waals surface area (Å²) >= 11 is 0. The van der Waals surface area contributed by atoms with E-state index in [0.717, 1.165) is 12.2 Å². The number of hydrogen-bond donors (Lipinski definition) is 0. The van der Waals surface area contributed by atoms with E-state index in [9.17, 15) is 4.79 Å². The standard InChI is InChI=1S/C16H24O2/c1-3-4-5-6-7-10-13-18-16-12-9-8-11-15(16)14(2)17/h8-9,11-12H,3-7,10,13H2,1-2H3. The summed E-state index contributed by atoms with van der Waals surface area (Å²) in [7, 11) is 0. The number of Topliss-reactive ketones (excluding diaryl/α,β-unsaturated/α-hetero) is 1. The summed E-state index contributed by atoms with van der Waals surface area (Å²) in [4.78, 5) is 11.4. The molecule has 0 bridgehead atoms. The largest absolute Gasteiger partial charge is 0.493 e. The van der Waals surface area contributed by atoms with Crippen molar-refractivity contribution in [2.45, 2.75) is 52.4 Å². The third-order valence-electron chi connectivity index (χ3n) is 3.02. The maximum absolute atomic E-state index is 11.4. The fourth-order valence-electron chi connectivity index (χ4n) is 1.95. The lowest BCUT2D eigenvalue weighted by Crippen LogP contribution is -2.02. The first-order valence-electron chi connectivity index (χ1n) is 6.98. The van der Waals surface area contributed by atoms with Crippen LogP contribution in [0.5, 0.6) is 5.75 Å².